The lowest BCUT2D eigenvalue weighted by Gasteiger charge is -2.03. The fraction of sp³-hybridized carbons (Fsp3) is 1.00. The van der Waals surface area contributed by atoms with E-state index in [1.165, 1.54) is 70.6 Å². The van der Waals surface area contributed by atoms with Crippen molar-refractivity contribution >= 4 is 33.2 Å². The largest absolute Gasteiger partial charge is 0.286 e. The molecule has 0 fully saturated rings. The molecule has 0 bridgehead atoms. The molecule has 0 atom stereocenters. The van der Waals surface area contributed by atoms with Crippen molar-refractivity contribution in [1.29, 1.82) is 0 Å². The second-order valence-corrected chi connectivity index (χ2v) is 7.45. The molecule has 0 rings (SSSR count). The van der Waals surface area contributed by atoms with Crippen LogP contribution in [-0.4, -0.2) is 41.8 Å². The molecule has 0 aromatic carbocycles. The molecule has 3 nitrogen and oxygen atoms in total. The third-order valence-corrected chi connectivity index (χ3v) is 4.56. The summed E-state index contributed by atoms with van der Waals surface area (Å²) >= 11 is 0. The molecule has 0 amide bonds. The van der Waals surface area contributed by atoms with E-state index in [1.807, 2.05) is 0 Å². The zero-order valence-electron chi connectivity index (χ0n) is 14.0. The van der Waals surface area contributed by atoms with Crippen molar-refractivity contribution in [1.82, 2.24) is 0 Å². The van der Waals surface area contributed by atoms with Crippen LogP contribution in [0.2, 0.25) is 0 Å². The summed E-state index contributed by atoms with van der Waals surface area (Å²) in [6, 6.07) is 0. The van der Waals surface area contributed by atoms with Gasteiger partial charge < -0.3 is 0 Å². The van der Waals surface area contributed by atoms with E-state index in [0.717, 1.165) is 12.8 Å². The molecule has 21 heavy (non-hydrogen) atoms. The smallest absolute Gasteiger partial charge is 0.264 e. The Hall–Kier alpha value is 0.676. The molecule has 0 saturated heterocycles. The average molecular weight is 331 g/mol. The fourth-order valence-corrected chi connectivity index (χ4v) is 3.05. The van der Waals surface area contributed by atoms with E-state index >= 15 is 0 Å². The number of rotatable bonds is 15. The fourth-order valence-electron chi connectivity index (χ4n) is 2.48. The Morgan fingerprint density at radius 2 is 0.905 bits per heavy atom. The first-order chi connectivity index (χ1) is 9.56. The van der Waals surface area contributed by atoms with Gasteiger partial charge in [0.05, 0.1) is 5.75 Å². The number of hydrogen-bond acceptors (Lipinski definition) is 2. The van der Waals surface area contributed by atoms with Crippen molar-refractivity contribution in [3.05, 3.63) is 0 Å². The standard InChI is InChI=1S/C16H34O3S.Mg/c1-2-3-4-5-6-7-8-9-10-11-12-13-14-15-16-20(17,18)19;/h2-16H2,1H3,(H,17,18,19);. The van der Waals surface area contributed by atoms with E-state index in [0.29, 0.717) is 6.42 Å². The SMILES string of the molecule is CCCCCCCCCCCCCCCCS(=O)(=O)O.[Mg]. The summed E-state index contributed by atoms with van der Waals surface area (Å²) in [6.45, 7) is 2.25. The van der Waals surface area contributed by atoms with Crippen LogP contribution in [0.4, 0.5) is 0 Å². The van der Waals surface area contributed by atoms with Gasteiger partial charge in [0.15, 0.2) is 0 Å². The highest BCUT2D eigenvalue weighted by Gasteiger charge is 2.02. The molecule has 124 valence electrons. The number of unbranched alkanes of at least 4 members (excludes halogenated alkanes) is 13. The predicted molar refractivity (Wildman–Crippen MR) is 92.5 cm³/mol. The molecule has 0 aromatic heterocycles. The van der Waals surface area contributed by atoms with Crippen molar-refractivity contribution in [2.24, 2.45) is 0 Å². The highest BCUT2D eigenvalue weighted by Crippen LogP contribution is 2.13. The molecule has 2 radical (unpaired) electrons. The van der Waals surface area contributed by atoms with E-state index in [9.17, 15) is 8.42 Å². The highest BCUT2D eigenvalue weighted by molar-refractivity contribution is 7.85. The van der Waals surface area contributed by atoms with Crippen molar-refractivity contribution in [2.75, 3.05) is 5.75 Å². The first-order valence-corrected chi connectivity index (χ1v) is 10.1. The predicted octanol–water partition coefficient (Wildman–Crippen LogP) is 4.97. The topological polar surface area (TPSA) is 54.4 Å². The highest BCUT2D eigenvalue weighted by atomic mass is 32.2. The van der Waals surface area contributed by atoms with E-state index in [1.54, 1.807) is 0 Å². The Morgan fingerprint density at radius 1 is 0.619 bits per heavy atom. The maximum atomic E-state index is 10.5. The van der Waals surface area contributed by atoms with Crippen LogP contribution in [0, 0.1) is 0 Å². The van der Waals surface area contributed by atoms with Gasteiger partial charge in [-0.3, -0.25) is 4.55 Å². The summed E-state index contributed by atoms with van der Waals surface area (Å²) in [5.74, 6) is -0.0783. The first kappa shape index (κ1) is 23.9. The molecule has 0 unspecified atom stereocenters. The van der Waals surface area contributed by atoms with Crippen molar-refractivity contribution in [3.8, 4) is 0 Å². The van der Waals surface area contributed by atoms with Crippen molar-refractivity contribution in [2.45, 2.75) is 96.8 Å². The monoisotopic (exact) mass is 330 g/mol. The molecule has 0 aliphatic heterocycles. The summed E-state index contributed by atoms with van der Waals surface area (Å²) in [4.78, 5) is 0. The molecule has 0 saturated carbocycles. The van der Waals surface area contributed by atoms with Gasteiger partial charge in [-0.05, 0) is 6.42 Å². The third kappa shape index (κ3) is 23.1. The second kappa shape index (κ2) is 17.0. The molecule has 0 spiro atoms. The Bertz CT molecular complexity index is 292. The maximum Gasteiger partial charge on any atom is 0.264 e. The zero-order chi connectivity index (χ0) is 15.1. The Labute approximate surface area is 148 Å². The quantitative estimate of drug-likeness (QED) is 0.262. The Morgan fingerprint density at radius 3 is 1.19 bits per heavy atom. The Balaban J connectivity index is 0. The molecule has 0 aliphatic carbocycles. The van der Waals surface area contributed by atoms with Crippen LogP contribution < -0.4 is 0 Å². The molecule has 5 heteroatoms. The average Bonchev–Trinajstić information content (AvgIpc) is 2.38. The van der Waals surface area contributed by atoms with Gasteiger partial charge in [-0.15, -0.1) is 0 Å². The van der Waals surface area contributed by atoms with E-state index in [2.05, 4.69) is 6.92 Å². The Kier molecular flexibility index (Phi) is 19.4. The van der Waals surface area contributed by atoms with Crippen molar-refractivity contribution in [3.63, 3.8) is 0 Å². The van der Waals surface area contributed by atoms with E-state index in [4.69, 9.17) is 4.55 Å². The van der Waals surface area contributed by atoms with Gasteiger partial charge in [-0.1, -0.05) is 90.4 Å². The van der Waals surface area contributed by atoms with Gasteiger partial charge in [0.1, 0.15) is 0 Å². The molecule has 1 N–H and O–H groups in total. The zero-order valence-corrected chi connectivity index (χ0v) is 16.2. The van der Waals surface area contributed by atoms with Crippen LogP contribution in [0.5, 0.6) is 0 Å². The van der Waals surface area contributed by atoms with Crippen LogP contribution in [0.3, 0.4) is 0 Å². The van der Waals surface area contributed by atoms with Crippen molar-refractivity contribution < 1.29 is 13.0 Å². The van der Waals surface area contributed by atoms with Crippen LogP contribution in [-0.2, 0) is 10.1 Å². The lowest BCUT2D eigenvalue weighted by atomic mass is 10.0. The van der Waals surface area contributed by atoms with Crippen LogP contribution in [0.25, 0.3) is 0 Å². The minimum absolute atomic E-state index is 0. The van der Waals surface area contributed by atoms with Gasteiger partial charge in [-0.25, -0.2) is 0 Å². The summed E-state index contributed by atoms with van der Waals surface area (Å²) in [7, 11) is -3.74. The maximum absolute atomic E-state index is 10.5. The minimum atomic E-state index is -3.74. The molecular formula is C16H34MgO3S. The van der Waals surface area contributed by atoms with Crippen LogP contribution in [0.1, 0.15) is 96.8 Å². The molecule has 0 heterocycles. The summed E-state index contributed by atoms with van der Waals surface area (Å²) in [6.07, 6.45) is 17.4. The van der Waals surface area contributed by atoms with E-state index in [-0.39, 0.29) is 28.8 Å². The summed E-state index contributed by atoms with van der Waals surface area (Å²) < 4.78 is 29.6. The second-order valence-electron chi connectivity index (χ2n) is 5.88. The normalized spacial score (nSPS) is 11.3. The number of hydrogen-bond donors (Lipinski definition) is 1. The summed E-state index contributed by atoms with van der Waals surface area (Å²) in [5.41, 5.74) is 0. The van der Waals surface area contributed by atoms with Crippen LogP contribution in [0.15, 0.2) is 0 Å². The van der Waals surface area contributed by atoms with Gasteiger partial charge in [0.2, 0.25) is 0 Å². The van der Waals surface area contributed by atoms with Gasteiger partial charge in [0.25, 0.3) is 10.1 Å². The molecule has 0 aromatic rings. The first-order valence-electron chi connectivity index (χ1n) is 8.51. The minimum Gasteiger partial charge on any atom is -0.286 e. The third-order valence-electron chi connectivity index (χ3n) is 3.76. The lowest BCUT2D eigenvalue weighted by molar-refractivity contribution is 0.478. The van der Waals surface area contributed by atoms with Gasteiger partial charge in [0, 0.05) is 23.1 Å². The van der Waals surface area contributed by atoms with Gasteiger partial charge in [-0.2, -0.15) is 8.42 Å². The lowest BCUT2D eigenvalue weighted by Crippen LogP contribution is -2.03. The summed E-state index contributed by atoms with van der Waals surface area (Å²) in [5, 5.41) is 0. The van der Waals surface area contributed by atoms with Gasteiger partial charge >= 0.3 is 0 Å². The van der Waals surface area contributed by atoms with E-state index < -0.39 is 10.1 Å². The van der Waals surface area contributed by atoms with Crippen LogP contribution >= 0.6 is 0 Å². The molecular weight excluding hydrogens is 297 g/mol. The molecule has 0 aliphatic rings.